The van der Waals surface area contributed by atoms with E-state index in [-0.39, 0.29) is 5.41 Å². The molecule has 4 heterocycles. The third-order valence-corrected chi connectivity index (χ3v) is 7.05. The van der Waals surface area contributed by atoms with Crippen molar-refractivity contribution in [1.82, 2.24) is 9.97 Å². The smallest absolute Gasteiger partial charge is 0.0557 e. The highest BCUT2D eigenvalue weighted by molar-refractivity contribution is 7.16. The number of hydrogen-bond acceptors (Lipinski definition) is 2. The van der Waals surface area contributed by atoms with E-state index in [1.54, 1.807) is 0 Å². The largest absolute Gasteiger partial charge is 0.365 e. The first kappa shape index (κ1) is 15.5. The molecule has 0 aliphatic carbocycles. The van der Waals surface area contributed by atoms with Gasteiger partial charge in [0.25, 0.3) is 0 Å². The first-order valence-corrected chi connectivity index (χ1v) is 9.77. The van der Waals surface area contributed by atoms with Gasteiger partial charge in [0.15, 0.2) is 0 Å². The van der Waals surface area contributed by atoms with E-state index in [1.807, 2.05) is 34.9 Å². The molecule has 0 saturated heterocycles. The van der Waals surface area contributed by atoms with Crippen molar-refractivity contribution in [3.8, 4) is 10.6 Å². The van der Waals surface area contributed by atoms with E-state index in [4.69, 9.17) is 0 Å². The molecule has 0 aliphatic heterocycles. The SMILES string of the molecule is CC(C)(c1cccs1)c1ccc(-c2ccc(Cc3ccc[nH]3)[nH]2)s1. The second kappa shape index (κ2) is 6.11. The Bertz CT molecular complexity index is 909. The zero-order chi connectivity index (χ0) is 16.6. The van der Waals surface area contributed by atoms with E-state index in [9.17, 15) is 0 Å². The fraction of sp³-hybridized carbons (Fsp3) is 0.200. The van der Waals surface area contributed by atoms with Crippen LogP contribution in [0.1, 0.15) is 35.0 Å². The van der Waals surface area contributed by atoms with Gasteiger partial charge in [0.1, 0.15) is 0 Å². The van der Waals surface area contributed by atoms with Crippen molar-refractivity contribution in [2.24, 2.45) is 0 Å². The van der Waals surface area contributed by atoms with Gasteiger partial charge in [-0.1, -0.05) is 19.9 Å². The van der Waals surface area contributed by atoms with Crippen LogP contribution in [0.5, 0.6) is 0 Å². The Balaban J connectivity index is 1.58. The molecular weight excluding hydrogens is 332 g/mol. The van der Waals surface area contributed by atoms with Crippen molar-refractivity contribution in [3.05, 3.63) is 81.2 Å². The standard InChI is InChI=1S/C20H20N2S2/c1-20(2,18-6-4-12-23-18)19-10-9-17(24-19)16-8-7-15(22-16)13-14-5-3-11-21-14/h3-12,21-22H,13H2,1-2H3. The highest BCUT2D eigenvalue weighted by Crippen LogP contribution is 2.40. The van der Waals surface area contributed by atoms with Crippen molar-refractivity contribution in [2.45, 2.75) is 25.7 Å². The van der Waals surface area contributed by atoms with Crippen molar-refractivity contribution in [1.29, 1.82) is 0 Å². The third kappa shape index (κ3) is 2.87. The molecule has 122 valence electrons. The van der Waals surface area contributed by atoms with Gasteiger partial charge in [-0.3, -0.25) is 0 Å². The number of hydrogen-bond donors (Lipinski definition) is 2. The molecule has 24 heavy (non-hydrogen) atoms. The van der Waals surface area contributed by atoms with Crippen LogP contribution in [0.15, 0.2) is 60.1 Å². The lowest BCUT2D eigenvalue weighted by Crippen LogP contribution is -2.14. The molecule has 0 radical (unpaired) electrons. The highest BCUT2D eigenvalue weighted by Gasteiger charge is 2.26. The molecule has 0 saturated carbocycles. The fourth-order valence-electron chi connectivity index (χ4n) is 2.94. The van der Waals surface area contributed by atoms with Crippen LogP contribution in [-0.2, 0) is 11.8 Å². The van der Waals surface area contributed by atoms with Crippen molar-refractivity contribution in [3.63, 3.8) is 0 Å². The summed E-state index contributed by atoms with van der Waals surface area (Å²) in [7, 11) is 0. The summed E-state index contributed by atoms with van der Waals surface area (Å²) in [5.74, 6) is 0. The summed E-state index contributed by atoms with van der Waals surface area (Å²) in [5.41, 5.74) is 3.74. The van der Waals surface area contributed by atoms with Crippen molar-refractivity contribution < 1.29 is 0 Å². The number of thiophene rings is 2. The first-order valence-electron chi connectivity index (χ1n) is 8.08. The molecule has 0 amide bonds. The molecule has 0 spiro atoms. The van der Waals surface area contributed by atoms with Crippen LogP contribution >= 0.6 is 22.7 Å². The summed E-state index contributed by atoms with van der Waals surface area (Å²) < 4.78 is 0. The predicted octanol–water partition coefficient (Wildman–Crippen LogP) is 6.05. The van der Waals surface area contributed by atoms with E-state index >= 15 is 0 Å². The number of nitrogens with one attached hydrogen (secondary N) is 2. The normalized spacial score (nSPS) is 11.9. The minimum absolute atomic E-state index is 0.0662. The average molecular weight is 353 g/mol. The highest BCUT2D eigenvalue weighted by atomic mass is 32.1. The van der Waals surface area contributed by atoms with Gasteiger partial charge in [0.05, 0.1) is 10.6 Å². The Kier molecular flexibility index (Phi) is 3.94. The molecule has 4 aromatic rings. The van der Waals surface area contributed by atoms with Crippen LogP contribution in [0, 0.1) is 0 Å². The van der Waals surface area contributed by atoms with E-state index in [2.05, 4.69) is 71.7 Å². The fourth-order valence-corrected chi connectivity index (χ4v) is 4.98. The number of H-pyrrole nitrogens is 2. The molecule has 0 unspecified atom stereocenters. The molecule has 4 aromatic heterocycles. The lowest BCUT2D eigenvalue weighted by Gasteiger charge is -2.21. The Labute approximate surface area is 150 Å². The van der Waals surface area contributed by atoms with E-state index in [1.165, 1.54) is 31.7 Å². The van der Waals surface area contributed by atoms with E-state index in [0.29, 0.717) is 0 Å². The molecule has 0 aromatic carbocycles. The number of aromatic nitrogens is 2. The van der Waals surface area contributed by atoms with Crippen LogP contribution < -0.4 is 0 Å². The van der Waals surface area contributed by atoms with Gasteiger partial charge in [-0.05, 0) is 47.8 Å². The molecule has 0 atom stereocenters. The van der Waals surface area contributed by atoms with Crippen LogP contribution in [0.25, 0.3) is 10.6 Å². The molecule has 4 heteroatoms. The van der Waals surface area contributed by atoms with Crippen LogP contribution in [0.3, 0.4) is 0 Å². The summed E-state index contributed by atoms with van der Waals surface area (Å²) in [6, 6.07) is 17.4. The Morgan fingerprint density at radius 1 is 0.917 bits per heavy atom. The van der Waals surface area contributed by atoms with Crippen molar-refractivity contribution >= 4 is 22.7 Å². The molecule has 0 aliphatic rings. The number of aromatic amines is 2. The lowest BCUT2D eigenvalue weighted by atomic mass is 9.90. The Morgan fingerprint density at radius 2 is 1.83 bits per heavy atom. The van der Waals surface area contributed by atoms with E-state index < -0.39 is 0 Å². The second-order valence-corrected chi connectivity index (χ2v) is 8.57. The maximum absolute atomic E-state index is 3.56. The van der Waals surface area contributed by atoms with Gasteiger partial charge in [-0.25, -0.2) is 0 Å². The zero-order valence-electron chi connectivity index (χ0n) is 13.8. The third-order valence-electron chi connectivity index (χ3n) is 4.41. The van der Waals surface area contributed by atoms with Gasteiger partial charge in [-0.15, -0.1) is 22.7 Å². The topological polar surface area (TPSA) is 31.6 Å². The van der Waals surface area contributed by atoms with E-state index in [0.717, 1.165) is 6.42 Å². The summed E-state index contributed by atoms with van der Waals surface area (Å²) >= 11 is 3.71. The molecule has 0 fully saturated rings. The van der Waals surface area contributed by atoms with Crippen LogP contribution in [0.2, 0.25) is 0 Å². The van der Waals surface area contributed by atoms with Gasteiger partial charge < -0.3 is 9.97 Å². The summed E-state index contributed by atoms with van der Waals surface area (Å²) in [5, 5.41) is 2.16. The lowest BCUT2D eigenvalue weighted by molar-refractivity contribution is 0.671. The van der Waals surface area contributed by atoms with Crippen LogP contribution in [-0.4, -0.2) is 9.97 Å². The monoisotopic (exact) mass is 352 g/mol. The Hall–Kier alpha value is -2.04. The van der Waals surface area contributed by atoms with Crippen molar-refractivity contribution in [2.75, 3.05) is 0 Å². The predicted molar refractivity (Wildman–Crippen MR) is 104 cm³/mol. The first-order chi connectivity index (χ1) is 11.6. The Morgan fingerprint density at radius 3 is 2.58 bits per heavy atom. The molecule has 0 bridgehead atoms. The van der Waals surface area contributed by atoms with Gasteiger partial charge in [0, 0.05) is 39.2 Å². The van der Waals surface area contributed by atoms with Crippen LogP contribution in [0.4, 0.5) is 0 Å². The van der Waals surface area contributed by atoms with Gasteiger partial charge >= 0.3 is 0 Å². The summed E-state index contributed by atoms with van der Waals surface area (Å²) in [6.45, 7) is 4.61. The molecule has 2 N–H and O–H groups in total. The second-order valence-electron chi connectivity index (χ2n) is 6.54. The summed E-state index contributed by atoms with van der Waals surface area (Å²) in [6.07, 6.45) is 2.88. The molecule has 2 nitrogen and oxygen atoms in total. The number of rotatable bonds is 5. The minimum Gasteiger partial charge on any atom is -0.365 e. The molecule has 4 rings (SSSR count). The average Bonchev–Trinajstić information content (AvgIpc) is 3.35. The summed E-state index contributed by atoms with van der Waals surface area (Å²) in [4.78, 5) is 10.9. The molecular formula is C20H20N2S2. The zero-order valence-corrected chi connectivity index (χ0v) is 15.4. The minimum atomic E-state index is 0.0662. The maximum atomic E-state index is 3.56. The van der Waals surface area contributed by atoms with Gasteiger partial charge in [0.2, 0.25) is 0 Å². The quantitative estimate of drug-likeness (QED) is 0.438. The maximum Gasteiger partial charge on any atom is 0.0557 e. The van der Waals surface area contributed by atoms with Gasteiger partial charge in [-0.2, -0.15) is 0 Å².